The molecule has 1 unspecified atom stereocenters. The molecule has 1 fully saturated rings. The van der Waals surface area contributed by atoms with Crippen LogP contribution in [0, 0.1) is 11.6 Å². The summed E-state index contributed by atoms with van der Waals surface area (Å²) in [6.45, 7) is 0.992. The molecule has 1 atom stereocenters. The van der Waals surface area contributed by atoms with Gasteiger partial charge in [-0.2, -0.15) is 0 Å². The van der Waals surface area contributed by atoms with Gasteiger partial charge in [0.2, 0.25) is 0 Å². The van der Waals surface area contributed by atoms with E-state index in [9.17, 15) is 8.78 Å². The van der Waals surface area contributed by atoms with Crippen LogP contribution in [0.5, 0.6) is 0 Å². The van der Waals surface area contributed by atoms with Crippen molar-refractivity contribution < 1.29 is 8.78 Å². The van der Waals surface area contributed by atoms with Gasteiger partial charge in [0, 0.05) is 5.56 Å². The maximum Gasteiger partial charge on any atom is 0.159 e. The Labute approximate surface area is 103 Å². The Morgan fingerprint density at radius 2 is 2.11 bits per heavy atom. The minimum atomic E-state index is -0.845. The van der Waals surface area contributed by atoms with E-state index in [-0.39, 0.29) is 6.04 Å². The Balaban J connectivity index is 1.89. The molecule has 0 aliphatic carbocycles. The largest absolute Gasteiger partial charge is 0.341 e. The molecule has 94 valence electrons. The van der Waals surface area contributed by atoms with Crippen LogP contribution in [-0.4, -0.2) is 16.5 Å². The third-order valence-electron chi connectivity index (χ3n) is 3.22. The van der Waals surface area contributed by atoms with Gasteiger partial charge in [-0.1, -0.05) is 0 Å². The number of nitrogens with zero attached hydrogens (tertiary/aromatic N) is 1. The number of hydrogen-bond donors (Lipinski definition) is 2. The fourth-order valence-corrected chi connectivity index (χ4v) is 2.24. The number of halogens is 2. The fourth-order valence-electron chi connectivity index (χ4n) is 2.24. The van der Waals surface area contributed by atoms with Crippen molar-refractivity contribution in [2.75, 3.05) is 6.54 Å². The summed E-state index contributed by atoms with van der Waals surface area (Å²) in [5, 5.41) is 3.33. The standard InChI is InChI=1S/C13H13F2N3/c14-9-4-3-8(6-10(9)15)12-7-17-13(18-12)11-2-1-5-16-11/h3-4,6-7,11,16H,1-2,5H2,(H,17,18). The van der Waals surface area contributed by atoms with Gasteiger partial charge < -0.3 is 10.3 Å². The molecule has 0 amide bonds. The highest BCUT2D eigenvalue weighted by molar-refractivity contribution is 5.58. The summed E-state index contributed by atoms with van der Waals surface area (Å²) in [5.41, 5.74) is 1.31. The van der Waals surface area contributed by atoms with Gasteiger partial charge in [-0.05, 0) is 37.6 Å². The van der Waals surface area contributed by atoms with E-state index in [0.29, 0.717) is 11.3 Å². The molecule has 1 aliphatic heterocycles. The van der Waals surface area contributed by atoms with E-state index in [0.717, 1.165) is 31.3 Å². The first-order chi connectivity index (χ1) is 8.74. The van der Waals surface area contributed by atoms with Gasteiger partial charge in [0.05, 0.1) is 17.9 Å². The Kier molecular flexibility index (Phi) is 2.83. The molecule has 18 heavy (non-hydrogen) atoms. The number of nitrogens with one attached hydrogen (secondary N) is 2. The number of hydrogen-bond acceptors (Lipinski definition) is 2. The molecular formula is C13H13F2N3. The van der Waals surface area contributed by atoms with Crippen molar-refractivity contribution in [2.45, 2.75) is 18.9 Å². The molecule has 5 heteroatoms. The van der Waals surface area contributed by atoms with Crippen LogP contribution in [0.2, 0.25) is 0 Å². The zero-order valence-electron chi connectivity index (χ0n) is 9.71. The molecule has 0 radical (unpaired) electrons. The lowest BCUT2D eigenvalue weighted by Crippen LogP contribution is -2.14. The van der Waals surface area contributed by atoms with Gasteiger partial charge in [0.15, 0.2) is 11.6 Å². The molecular weight excluding hydrogens is 236 g/mol. The van der Waals surface area contributed by atoms with Gasteiger partial charge in [-0.15, -0.1) is 0 Å². The van der Waals surface area contributed by atoms with Crippen LogP contribution in [-0.2, 0) is 0 Å². The van der Waals surface area contributed by atoms with Crippen LogP contribution >= 0.6 is 0 Å². The number of rotatable bonds is 2. The highest BCUT2D eigenvalue weighted by atomic mass is 19.2. The molecule has 0 spiro atoms. The summed E-state index contributed by atoms with van der Waals surface area (Å²) in [4.78, 5) is 7.45. The van der Waals surface area contributed by atoms with Crippen molar-refractivity contribution in [1.29, 1.82) is 0 Å². The average molecular weight is 249 g/mol. The maximum atomic E-state index is 13.2. The molecule has 1 aromatic heterocycles. The Morgan fingerprint density at radius 3 is 2.83 bits per heavy atom. The van der Waals surface area contributed by atoms with Crippen LogP contribution in [0.3, 0.4) is 0 Å². The highest BCUT2D eigenvalue weighted by Crippen LogP contribution is 2.24. The molecule has 1 saturated heterocycles. The van der Waals surface area contributed by atoms with Crippen molar-refractivity contribution in [3.63, 3.8) is 0 Å². The van der Waals surface area contributed by atoms with Crippen LogP contribution < -0.4 is 5.32 Å². The Bertz CT molecular complexity index is 559. The second-order valence-corrected chi connectivity index (χ2v) is 4.46. The van der Waals surface area contributed by atoms with Gasteiger partial charge in [0.25, 0.3) is 0 Å². The maximum absolute atomic E-state index is 13.2. The molecule has 2 N–H and O–H groups in total. The summed E-state index contributed by atoms with van der Waals surface area (Å²) >= 11 is 0. The fraction of sp³-hybridized carbons (Fsp3) is 0.308. The summed E-state index contributed by atoms with van der Waals surface area (Å²) in [6.07, 6.45) is 3.83. The average Bonchev–Trinajstić information content (AvgIpc) is 3.01. The number of aromatic nitrogens is 2. The smallest absolute Gasteiger partial charge is 0.159 e. The van der Waals surface area contributed by atoms with Gasteiger partial charge >= 0.3 is 0 Å². The predicted octanol–water partition coefficient (Wildman–Crippen LogP) is 2.78. The number of aromatic amines is 1. The van der Waals surface area contributed by atoms with E-state index in [1.807, 2.05) is 0 Å². The van der Waals surface area contributed by atoms with Crippen LogP contribution in [0.15, 0.2) is 24.4 Å². The zero-order chi connectivity index (χ0) is 12.5. The molecule has 1 aliphatic rings. The molecule has 0 bridgehead atoms. The lowest BCUT2D eigenvalue weighted by molar-refractivity contribution is 0.509. The van der Waals surface area contributed by atoms with E-state index in [2.05, 4.69) is 15.3 Å². The third-order valence-corrected chi connectivity index (χ3v) is 3.22. The monoisotopic (exact) mass is 249 g/mol. The topological polar surface area (TPSA) is 40.7 Å². The van der Waals surface area contributed by atoms with Gasteiger partial charge in [0.1, 0.15) is 5.82 Å². The molecule has 2 aromatic rings. The lowest BCUT2D eigenvalue weighted by Gasteiger charge is -2.05. The number of imidazole rings is 1. The quantitative estimate of drug-likeness (QED) is 0.859. The minimum absolute atomic E-state index is 0.240. The Hall–Kier alpha value is -1.75. The molecule has 1 aromatic carbocycles. The van der Waals surface area contributed by atoms with Crippen molar-refractivity contribution in [3.8, 4) is 11.3 Å². The third kappa shape index (κ3) is 2.01. The van der Waals surface area contributed by atoms with E-state index in [1.54, 1.807) is 6.20 Å². The van der Waals surface area contributed by atoms with Crippen molar-refractivity contribution in [1.82, 2.24) is 15.3 Å². The molecule has 0 saturated carbocycles. The van der Waals surface area contributed by atoms with Crippen molar-refractivity contribution in [3.05, 3.63) is 41.9 Å². The first-order valence-corrected chi connectivity index (χ1v) is 5.98. The summed E-state index contributed by atoms with van der Waals surface area (Å²) in [6, 6.07) is 4.08. The first-order valence-electron chi connectivity index (χ1n) is 5.98. The predicted molar refractivity (Wildman–Crippen MR) is 63.9 cm³/mol. The van der Waals surface area contributed by atoms with E-state index < -0.39 is 11.6 Å². The SMILES string of the molecule is Fc1ccc(-c2cnc(C3CCCN3)[nH]2)cc1F. The summed E-state index contributed by atoms with van der Waals surface area (Å²) < 4.78 is 26.0. The minimum Gasteiger partial charge on any atom is -0.341 e. The van der Waals surface area contributed by atoms with E-state index in [1.165, 1.54) is 12.1 Å². The van der Waals surface area contributed by atoms with E-state index in [4.69, 9.17) is 0 Å². The van der Waals surface area contributed by atoms with Crippen LogP contribution in [0.25, 0.3) is 11.3 Å². The van der Waals surface area contributed by atoms with Gasteiger partial charge in [-0.3, -0.25) is 0 Å². The van der Waals surface area contributed by atoms with Crippen LogP contribution in [0.1, 0.15) is 24.7 Å². The van der Waals surface area contributed by atoms with Crippen molar-refractivity contribution in [2.24, 2.45) is 0 Å². The van der Waals surface area contributed by atoms with Crippen molar-refractivity contribution >= 4 is 0 Å². The second-order valence-electron chi connectivity index (χ2n) is 4.46. The van der Waals surface area contributed by atoms with E-state index >= 15 is 0 Å². The normalized spacial score (nSPS) is 19.3. The van der Waals surface area contributed by atoms with Gasteiger partial charge in [-0.25, -0.2) is 13.8 Å². The molecule has 3 nitrogen and oxygen atoms in total. The van der Waals surface area contributed by atoms with Crippen LogP contribution in [0.4, 0.5) is 8.78 Å². The molecule has 2 heterocycles. The highest BCUT2D eigenvalue weighted by Gasteiger charge is 2.19. The number of H-pyrrole nitrogens is 1. The second kappa shape index (κ2) is 4.49. The zero-order valence-corrected chi connectivity index (χ0v) is 9.71. The summed E-state index contributed by atoms with van der Waals surface area (Å²) in [5.74, 6) is -0.828. The Morgan fingerprint density at radius 1 is 1.22 bits per heavy atom. The first kappa shape index (κ1) is 11.3. The number of benzene rings is 1. The molecule has 3 rings (SSSR count). The summed E-state index contributed by atoms with van der Waals surface area (Å²) in [7, 11) is 0. The lowest BCUT2D eigenvalue weighted by atomic mass is 10.1.